The Hall–Kier alpha value is -3.54. The molecule has 6 heteroatoms. The monoisotopic (exact) mass is 516 g/mol. The van der Waals surface area contributed by atoms with Gasteiger partial charge in [-0.05, 0) is 113 Å². The largest absolute Gasteiger partial charge is 0.405 e. The van der Waals surface area contributed by atoms with Gasteiger partial charge in [0.15, 0.2) is 0 Å². The van der Waals surface area contributed by atoms with Crippen molar-refractivity contribution < 1.29 is 0 Å². The summed E-state index contributed by atoms with van der Waals surface area (Å²) >= 11 is 0. The van der Waals surface area contributed by atoms with Gasteiger partial charge in [0.1, 0.15) is 0 Å². The maximum Gasteiger partial charge on any atom is 0.0815 e. The van der Waals surface area contributed by atoms with E-state index in [2.05, 4.69) is 54.2 Å². The number of hydrogen-bond donors (Lipinski definition) is 5. The van der Waals surface area contributed by atoms with E-state index in [0.717, 1.165) is 34.6 Å². The minimum Gasteiger partial charge on any atom is -0.405 e. The van der Waals surface area contributed by atoms with Crippen molar-refractivity contribution in [3.8, 4) is 0 Å². The minimum absolute atomic E-state index is 0.457. The standard InChI is InChI=1S/C19H26N2.C11H17N3.C2H5N/c1-12(20)19(13(2)21)17-5-3-14(4-6-17)11-18(15-7-8-15)16-9-10-16;1-9(13)11(5-7-12)14-8-6-10-3-2-4-10;1-2-3/h3-6,15-16,18,20H,7-11,21H2,1-2H3;5-7H,1-4,8,12-13H2;2H,1,3H2/b19-13+,20-12?;7-5-,14-11?;. The highest BCUT2D eigenvalue weighted by molar-refractivity contribution is 6.21. The van der Waals surface area contributed by atoms with Crippen molar-refractivity contribution in [3.63, 3.8) is 0 Å². The van der Waals surface area contributed by atoms with E-state index >= 15 is 0 Å². The average molecular weight is 517 g/mol. The molecule has 0 amide bonds. The number of benzene rings is 1. The molecule has 0 saturated heterocycles. The van der Waals surface area contributed by atoms with Gasteiger partial charge < -0.3 is 28.3 Å². The summed E-state index contributed by atoms with van der Waals surface area (Å²) in [6.45, 7) is 11.1. The average Bonchev–Trinajstić information content (AvgIpc) is 3.74. The topological polar surface area (TPSA) is 140 Å². The van der Waals surface area contributed by atoms with Crippen LogP contribution in [0.25, 0.3) is 5.57 Å². The fourth-order valence-electron chi connectivity index (χ4n) is 4.80. The van der Waals surface area contributed by atoms with Gasteiger partial charge in [0.2, 0.25) is 0 Å². The predicted octanol–water partition coefficient (Wildman–Crippen LogP) is 5.97. The number of allylic oxidation sites excluding steroid dienone is 4. The van der Waals surface area contributed by atoms with Crippen LogP contribution in [-0.4, -0.2) is 18.0 Å². The molecule has 0 atom stereocenters. The number of nitrogens with zero attached hydrogens (tertiary/aromatic N) is 1. The van der Waals surface area contributed by atoms with E-state index in [-0.39, 0.29) is 0 Å². The molecule has 4 rings (SSSR count). The lowest BCUT2D eigenvalue weighted by molar-refractivity contribution is 0.403. The fourth-order valence-corrected chi connectivity index (χ4v) is 4.80. The van der Waals surface area contributed by atoms with Crippen LogP contribution in [0.4, 0.5) is 0 Å². The molecule has 1 aromatic rings. The van der Waals surface area contributed by atoms with E-state index in [9.17, 15) is 0 Å². The molecule has 0 heterocycles. The van der Waals surface area contributed by atoms with Crippen molar-refractivity contribution in [1.82, 2.24) is 0 Å². The molecular weight excluding hydrogens is 468 g/mol. The minimum atomic E-state index is 0.457. The van der Waals surface area contributed by atoms with Crippen LogP contribution < -0.4 is 22.9 Å². The molecule has 0 spiro atoms. The molecule has 3 aliphatic carbocycles. The van der Waals surface area contributed by atoms with Crippen molar-refractivity contribution in [2.75, 3.05) is 6.54 Å². The third-order valence-corrected chi connectivity index (χ3v) is 7.16. The van der Waals surface area contributed by atoms with Gasteiger partial charge >= 0.3 is 0 Å². The summed E-state index contributed by atoms with van der Waals surface area (Å²) in [5.41, 5.74) is 28.6. The van der Waals surface area contributed by atoms with Gasteiger partial charge in [0.05, 0.1) is 12.3 Å². The summed E-state index contributed by atoms with van der Waals surface area (Å²) in [5.74, 6) is 2.93. The first-order valence-electron chi connectivity index (χ1n) is 13.7. The summed E-state index contributed by atoms with van der Waals surface area (Å²) in [4.78, 5) is 4.28. The molecule has 0 aliphatic heterocycles. The smallest absolute Gasteiger partial charge is 0.0815 e. The van der Waals surface area contributed by atoms with Crippen molar-refractivity contribution in [1.29, 1.82) is 5.41 Å². The Morgan fingerprint density at radius 3 is 1.97 bits per heavy atom. The number of nitrogens with two attached hydrogens (primary N) is 4. The maximum atomic E-state index is 7.88. The third kappa shape index (κ3) is 10.4. The summed E-state index contributed by atoms with van der Waals surface area (Å²) < 4.78 is 0. The van der Waals surface area contributed by atoms with Crippen LogP contribution >= 0.6 is 0 Å². The first-order chi connectivity index (χ1) is 18.2. The van der Waals surface area contributed by atoms with Crippen molar-refractivity contribution in [3.05, 3.63) is 90.1 Å². The highest BCUT2D eigenvalue weighted by atomic mass is 14.8. The molecule has 6 nitrogen and oxygen atoms in total. The molecule has 3 fully saturated rings. The molecule has 206 valence electrons. The van der Waals surface area contributed by atoms with Crippen LogP contribution in [0.5, 0.6) is 0 Å². The normalized spacial score (nSPS) is 17.3. The quantitative estimate of drug-likeness (QED) is 0.193. The lowest BCUT2D eigenvalue weighted by Gasteiger charge is -2.16. The molecular formula is C32H48N6. The zero-order valence-corrected chi connectivity index (χ0v) is 23.4. The molecule has 38 heavy (non-hydrogen) atoms. The first kappa shape index (κ1) is 30.7. The van der Waals surface area contributed by atoms with Crippen LogP contribution in [0.15, 0.2) is 83.9 Å². The molecule has 3 aliphatic rings. The second kappa shape index (κ2) is 15.7. The maximum absolute atomic E-state index is 7.88. The molecule has 3 saturated carbocycles. The van der Waals surface area contributed by atoms with E-state index in [0.29, 0.717) is 23.7 Å². The zero-order chi connectivity index (χ0) is 28.1. The Morgan fingerprint density at radius 1 is 1.05 bits per heavy atom. The summed E-state index contributed by atoms with van der Waals surface area (Å²) in [7, 11) is 0. The van der Waals surface area contributed by atoms with Gasteiger partial charge in [0, 0.05) is 22.7 Å². The van der Waals surface area contributed by atoms with Gasteiger partial charge in [0.25, 0.3) is 0 Å². The van der Waals surface area contributed by atoms with Crippen LogP contribution in [0.1, 0.15) is 69.9 Å². The second-order valence-corrected chi connectivity index (χ2v) is 10.5. The summed E-state index contributed by atoms with van der Waals surface area (Å²) in [6.07, 6.45) is 17.3. The number of rotatable bonds is 10. The Bertz CT molecular complexity index is 1040. The van der Waals surface area contributed by atoms with E-state index in [1.54, 1.807) is 13.0 Å². The van der Waals surface area contributed by atoms with Crippen molar-refractivity contribution >= 4 is 17.0 Å². The lowest BCUT2D eigenvalue weighted by Crippen LogP contribution is -2.10. The summed E-state index contributed by atoms with van der Waals surface area (Å²) in [5, 5.41) is 7.88. The van der Waals surface area contributed by atoms with Crippen LogP contribution in [0.2, 0.25) is 0 Å². The van der Waals surface area contributed by atoms with Crippen molar-refractivity contribution in [2.24, 2.45) is 45.7 Å². The van der Waals surface area contributed by atoms with Crippen LogP contribution in [0.3, 0.4) is 0 Å². The van der Waals surface area contributed by atoms with Crippen LogP contribution in [0, 0.1) is 23.2 Å². The van der Waals surface area contributed by atoms with E-state index in [4.69, 9.17) is 22.6 Å². The lowest BCUT2D eigenvalue weighted by atomic mass is 9.89. The first-order valence-corrected chi connectivity index (χ1v) is 13.7. The molecule has 0 bridgehead atoms. The number of nitrogens with one attached hydrogen (secondary N) is 1. The SMILES string of the molecule is C=C(N)C(/C=C\N)=NCC=C1CCC1.C=CN.CC(=N)/C(=C(/C)N)c1ccc(CC(C2CC2)C2CC2)cc1. The number of aliphatic imine (C=N–C) groups is 1. The van der Waals surface area contributed by atoms with Gasteiger partial charge in [-0.15, -0.1) is 0 Å². The summed E-state index contributed by atoms with van der Waals surface area (Å²) in [6, 6.07) is 8.74. The molecule has 0 aromatic heterocycles. The Morgan fingerprint density at radius 2 is 1.61 bits per heavy atom. The molecule has 9 N–H and O–H groups in total. The van der Waals surface area contributed by atoms with Gasteiger partial charge in [-0.2, -0.15) is 0 Å². The van der Waals surface area contributed by atoms with Crippen molar-refractivity contribution in [2.45, 2.75) is 65.2 Å². The van der Waals surface area contributed by atoms with Gasteiger partial charge in [-0.3, -0.25) is 4.99 Å². The highest BCUT2D eigenvalue weighted by Gasteiger charge is 2.41. The molecule has 0 unspecified atom stereocenters. The number of hydrogen-bond acceptors (Lipinski definition) is 6. The molecule has 0 radical (unpaired) electrons. The Labute approximate surface area is 229 Å². The fraction of sp³-hybridized carbons (Fsp3) is 0.438. The van der Waals surface area contributed by atoms with E-state index in [1.807, 2.05) is 6.92 Å². The predicted molar refractivity (Wildman–Crippen MR) is 165 cm³/mol. The zero-order valence-electron chi connectivity index (χ0n) is 23.4. The van der Waals surface area contributed by atoms with E-state index in [1.165, 1.54) is 74.9 Å². The van der Waals surface area contributed by atoms with Crippen LogP contribution in [-0.2, 0) is 6.42 Å². The second-order valence-electron chi connectivity index (χ2n) is 10.5. The Kier molecular flexibility index (Phi) is 12.6. The Balaban J connectivity index is 0.000000259. The van der Waals surface area contributed by atoms with E-state index < -0.39 is 0 Å². The molecule has 1 aromatic carbocycles. The van der Waals surface area contributed by atoms with Gasteiger partial charge in [-0.25, -0.2) is 0 Å². The third-order valence-electron chi connectivity index (χ3n) is 7.16. The van der Waals surface area contributed by atoms with Gasteiger partial charge in [-0.1, -0.05) is 49.1 Å². The highest BCUT2D eigenvalue weighted by Crippen LogP contribution is 2.50.